The maximum Gasteiger partial charge on any atom is 0.123 e. The fourth-order valence-electron chi connectivity index (χ4n) is 2.55. The predicted octanol–water partition coefficient (Wildman–Crippen LogP) is 3.53. The van der Waals surface area contributed by atoms with Gasteiger partial charge in [-0.1, -0.05) is 25.1 Å². The first-order valence-corrected chi connectivity index (χ1v) is 7.07. The summed E-state index contributed by atoms with van der Waals surface area (Å²) >= 11 is 0. The van der Waals surface area contributed by atoms with Crippen LogP contribution in [0.5, 0.6) is 5.75 Å². The van der Waals surface area contributed by atoms with Crippen LogP contribution in [0.1, 0.15) is 36.1 Å². The van der Waals surface area contributed by atoms with Gasteiger partial charge in [-0.3, -0.25) is 0 Å². The van der Waals surface area contributed by atoms with Crippen molar-refractivity contribution < 1.29 is 9.50 Å². The SMILES string of the molecule is CCc1ccc(O)c(C2CC(c3ccc(F)cc3)=NN2)c1. The first-order valence-electron chi connectivity index (χ1n) is 7.07. The molecular weight excluding hydrogens is 267 g/mol. The molecule has 0 radical (unpaired) electrons. The number of phenols is 1. The molecule has 0 amide bonds. The quantitative estimate of drug-likeness (QED) is 0.905. The van der Waals surface area contributed by atoms with Gasteiger partial charge in [-0.15, -0.1) is 0 Å². The minimum absolute atomic E-state index is 0.0449. The molecule has 0 bridgehead atoms. The molecule has 2 aromatic carbocycles. The third-order valence-electron chi connectivity index (χ3n) is 3.81. The number of aromatic hydroxyl groups is 1. The summed E-state index contributed by atoms with van der Waals surface area (Å²) in [6.45, 7) is 2.08. The van der Waals surface area contributed by atoms with Crippen LogP contribution in [0.2, 0.25) is 0 Å². The zero-order chi connectivity index (χ0) is 14.8. The summed E-state index contributed by atoms with van der Waals surface area (Å²) in [5.74, 6) is 0.0235. The van der Waals surface area contributed by atoms with Gasteiger partial charge in [0.15, 0.2) is 0 Å². The van der Waals surface area contributed by atoms with Gasteiger partial charge in [0.1, 0.15) is 11.6 Å². The summed E-state index contributed by atoms with van der Waals surface area (Å²) < 4.78 is 13.0. The van der Waals surface area contributed by atoms with Gasteiger partial charge < -0.3 is 10.5 Å². The summed E-state index contributed by atoms with van der Waals surface area (Å²) in [4.78, 5) is 0. The maximum atomic E-state index is 13.0. The normalized spacial score (nSPS) is 17.4. The number of hydrogen-bond acceptors (Lipinski definition) is 3. The highest BCUT2D eigenvalue weighted by molar-refractivity contribution is 6.01. The second kappa shape index (κ2) is 5.56. The van der Waals surface area contributed by atoms with Crippen LogP contribution in [0, 0.1) is 5.82 Å². The number of phenolic OH excluding ortho intramolecular Hbond substituents is 1. The third-order valence-corrected chi connectivity index (χ3v) is 3.81. The van der Waals surface area contributed by atoms with E-state index in [2.05, 4.69) is 17.5 Å². The Kier molecular flexibility index (Phi) is 3.60. The first-order chi connectivity index (χ1) is 10.2. The Morgan fingerprint density at radius 3 is 2.71 bits per heavy atom. The molecule has 3 rings (SSSR count). The molecule has 1 heterocycles. The first kappa shape index (κ1) is 13.6. The molecule has 1 atom stereocenters. The Bertz CT molecular complexity index is 680. The number of nitrogens with one attached hydrogen (secondary N) is 1. The minimum Gasteiger partial charge on any atom is -0.508 e. The van der Waals surface area contributed by atoms with Crippen molar-refractivity contribution in [3.63, 3.8) is 0 Å². The highest BCUT2D eigenvalue weighted by Gasteiger charge is 2.23. The molecule has 0 fully saturated rings. The van der Waals surface area contributed by atoms with E-state index in [9.17, 15) is 9.50 Å². The van der Waals surface area contributed by atoms with Crippen molar-refractivity contribution in [2.45, 2.75) is 25.8 Å². The minimum atomic E-state index is -0.254. The van der Waals surface area contributed by atoms with E-state index in [1.54, 1.807) is 18.2 Å². The number of halogens is 1. The maximum absolute atomic E-state index is 13.0. The molecular formula is C17H17FN2O. The summed E-state index contributed by atoms with van der Waals surface area (Å²) in [5.41, 5.74) is 6.88. The van der Waals surface area contributed by atoms with Crippen LogP contribution in [0.15, 0.2) is 47.6 Å². The van der Waals surface area contributed by atoms with E-state index in [-0.39, 0.29) is 17.6 Å². The van der Waals surface area contributed by atoms with E-state index in [0.717, 1.165) is 23.3 Å². The zero-order valence-corrected chi connectivity index (χ0v) is 11.8. The third kappa shape index (κ3) is 2.75. The number of hydrazone groups is 1. The molecule has 2 aromatic rings. The fraction of sp³-hybridized carbons (Fsp3) is 0.235. The summed E-state index contributed by atoms with van der Waals surface area (Å²) in [5, 5.41) is 14.4. The monoisotopic (exact) mass is 284 g/mol. The second-order valence-electron chi connectivity index (χ2n) is 5.20. The average Bonchev–Trinajstić information content (AvgIpc) is 2.98. The van der Waals surface area contributed by atoms with Crippen LogP contribution in [-0.2, 0) is 6.42 Å². The lowest BCUT2D eigenvalue weighted by molar-refractivity contribution is 0.455. The van der Waals surface area contributed by atoms with E-state index >= 15 is 0 Å². The van der Waals surface area contributed by atoms with Crippen molar-refractivity contribution in [1.29, 1.82) is 0 Å². The van der Waals surface area contributed by atoms with Crippen molar-refractivity contribution in [2.75, 3.05) is 0 Å². The lowest BCUT2D eigenvalue weighted by atomic mass is 9.96. The Balaban J connectivity index is 1.81. The van der Waals surface area contributed by atoms with E-state index in [0.29, 0.717) is 6.42 Å². The standard InChI is InChI=1S/C17H17FN2O/c1-2-11-3-8-17(21)14(9-11)16-10-15(19-20-16)12-4-6-13(18)7-5-12/h3-9,16,20-21H,2,10H2,1H3. The van der Waals surface area contributed by atoms with E-state index in [1.807, 2.05) is 12.1 Å². The van der Waals surface area contributed by atoms with Gasteiger partial charge in [0, 0.05) is 12.0 Å². The molecule has 21 heavy (non-hydrogen) atoms. The number of aryl methyl sites for hydroxylation is 1. The van der Waals surface area contributed by atoms with Crippen molar-refractivity contribution >= 4 is 5.71 Å². The van der Waals surface area contributed by atoms with Crippen LogP contribution in [0.3, 0.4) is 0 Å². The largest absolute Gasteiger partial charge is 0.508 e. The molecule has 1 unspecified atom stereocenters. The molecule has 2 N–H and O–H groups in total. The Morgan fingerprint density at radius 1 is 1.24 bits per heavy atom. The van der Waals surface area contributed by atoms with Crippen LogP contribution in [-0.4, -0.2) is 10.8 Å². The second-order valence-corrected chi connectivity index (χ2v) is 5.20. The van der Waals surface area contributed by atoms with E-state index in [4.69, 9.17) is 0 Å². The lowest BCUT2D eigenvalue weighted by Gasteiger charge is -2.13. The van der Waals surface area contributed by atoms with Gasteiger partial charge in [-0.25, -0.2) is 4.39 Å². The molecule has 0 aliphatic carbocycles. The number of benzene rings is 2. The summed E-state index contributed by atoms with van der Waals surface area (Å²) in [6.07, 6.45) is 1.60. The van der Waals surface area contributed by atoms with Gasteiger partial charge >= 0.3 is 0 Å². The fourth-order valence-corrected chi connectivity index (χ4v) is 2.55. The molecule has 0 aromatic heterocycles. The van der Waals surface area contributed by atoms with Crippen molar-refractivity contribution in [2.24, 2.45) is 5.10 Å². The van der Waals surface area contributed by atoms with Crippen LogP contribution >= 0.6 is 0 Å². The zero-order valence-electron chi connectivity index (χ0n) is 11.8. The number of nitrogens with zero attached hydrogens (tertiary/aromatic N) is 1. The van der Waals surface area contributed by atoms with Crippen LogP contribution in [0.25, 0.3) is 0 Å². The van der Waals surface area contributed by atoms with E-state index in [1.165, 1.54) is 17.7 Å². The molecule has 0 saturated heterocycles. The van der Waals surface area contributed by atoms with Gasteiger partial charge in [-0.2, -0.15) is 5.10 Å². The number of hydrogen-bond donors (Lipinski definition) is 2. The van der Waals surface area contributed by atoms with Gasteiger partial charge in [0.2, 0.25) is 0 Å². The molecule has 1 aliphatic heterocycles. The van der Waals surface area contributed by atoms with Gasteiger partial charge in [-0.05, 0) is 41.8 Å². The van der Waals surface area contributed by atoms with Gasteiger partial charge in [0.05, 0.1) is 11.8 Å². The molecule has 1 aliphatic rings. The molecule has 108 valence electrons. The van der Waals surface area contributed by atoms with Gasteiger partial charge in [0.25, 0.3) is 0 Å². The molecule has 3 nitrogen and oxygen atoms in total. The highest BCUT2D eigenvalue weighted by Crippen LogP contribution is 2.31. The lowest BCUT2D eigenvalue weighted by Crippen LogP contribution is -2.10. The van der Waals surface area contributed by atoms with E-state index < -0.39 is 0 Å². The number of rotatable bonds is 3. The topological polar surface area (TPSA) is 44.6 Å². The Morgan fingerprint density at radius 2 is 2.00 bits per heavy atom. The Labute approximate surface area is 123 Å². The molecule has 4 heteroatoms. The average molecular weight is 284 g/mol. The van der Waals surface area contributed by atoms with Crippen molar-refractivity contribution in [3.8, 4) is 5.75 Å². The van der Waals surface area contributed by atoms with Crippen molar-refractivity contribution in [3.05, 3.63) is 65.0 Å². The molecule has 0 spiro atoms. The predicted molar refractivity (Wildman–Crippen MR) is 80.9 cm³/mol. The molecule has 0 saturated carbocycles. The van der Waals surface area contributed by atoms with Crippen LogP contribution in [0.4, 0.5) is 4.39 Å². The Hall–Kier alpha value is -2.36. The van der Waals surface area contributed by atoms with Crippen molar-refractivity contribution in [1.82, 2.24) is 5.43 Å². The summed E-state index contributed by atoms with van der Waals surface area (Å²) in [6, 6.07) is 11.9. The summed E-state index contributed by atoms with van der Waals surface area (Å²) in [7, 11) is 0. The highest BCUT2D eigenvalue weighted by atomic mass is 19.1. The van der Waals surface area contributed by atoms with Crippen LogP contribution < -0.4 is 5.43 Å². The smallest absolute Gasteiger partial charge is 0.123 e.